The first-order valence-corrected chi connectivity index (χ1v) is 10.8. The number of aryl methyl sites for hydroxylation is 1. The minimum atomic E-state index is -0.228. The van der Waals surface area contributed by atoms with E-state index in [1.54, 1.807) is 29.7 Å². The maximum absolute atomic E-state index is 12.8. The van der Waals surface area contributed by atoms with Crippen molar-refractivity contribution in [3.63, 3.8) is 0 Å². The Bertz CT molecular complexity index is 997. The molecule has 0 atom stereocenters. The van der Waals surface area contributed by atoms with Crippen LogP contribution in [0.4, 0.5) is 11.5 Å². The number of nitrogens with one attached hydrogen (secondary N) is 1. The lowest BCUT2D eigenvalue weighted by molar-refractivity contribution is 0.102. The fourth-order valence-corrected chi connectivity index (χ4v) is 3.88. The Kier molecular flexibility index (Phi) is 6.25. The number of likely N-dealkylation sites (N-methyl/N-ethyl adjacent to an activating group) is 1. The number of thiazole rings is 1. The van der Waals surface area contributed by atoms with Gasteiger partial charge in [-0.15, -0.1) is 11.3 Å². The van der Waals surface area contributed by atoms with Gasteiger partial charge in [-0.25, -0.2) is 9.97 Å². The van der Waals surface area contributed by atoms with Crippen LogP contribution in [-0.2, 0) is 6.61 Å². The third kappa shape index (κ3) is 4.95. The van der Waals surface area contributed by atoms with Gasteiger partial charge in [0.05, 0.1) is 28.1 Å². The highest BCUT2D eigenvalue weighted by atomic mass is 32.1. The minimum Gasteiger partial charge on any atom is -0.486 e. The van der Waals surface area contributed by atoms with E-state index in [0.717, 1.165) is 42.7 Å². The Morgan fingerprint density at radius 1 is 1.17 bits per heavy atom. The zero-order chi connectivity index (χ0) is 20.9. The SMILES string of the molecule is Cc1nc(COc2ccccc2C(=O)Nc2ccc(N3CCN(C)CC3)nc2)cs1. The number of nitrogens with zero attached hydrogens (tertiary/aromatic N) is 4. The molecule has 1 aromatic carbocycles. The number of aromatic nitrogens is 2. The highest BCUT2D eigenvalue weighted by Crippen LogP contribution is 2.22. The van der Waals surface area contributed by atoms with Crippen LogP contribution >= 0.6 is 11.3 Å². The number of carbonyl (C=O) groups excluding carboxylic acids is 1. The van der Waals surface area contributed by atoms with Crippen LogP contribution in [0, 0.1) is 6.92 Å². The fraction of sp³-hybridized carbons (Fsp3) is 0.318. The van der Waals surface area contributed by atoms with E-state index in [1.807, 2.05) is 36.6 Å². The fourth-order valence-electron chi connectivity index (χ4n) is 3.29. The Balaban J connectivity index is 1.40. The number of ether oxygens (including phenoxy) is 1. The van der Waals surface area contributed by atoms with Crippen molar-refractivity contribution in [3.8, 4) is 5.75 Å². The molecule has 2 aromatic heterocycles. The first-order valence-electron chi connectivity index (χ1n) is 9.92. The zero-order valence-electron chi connectivity index (χ0n) is 17.2. The maximum atomic E-state index is 12.8. The first kappa shape index (κ1) is 20.3. The van der Waals surface area contributed by atoms with Crippen LogP contribution < -0.4 is 15.0 Å². The molecule has 1 N–H and O–H groups in total. The number of amides is 1. The second kappa shape index (κ2) is 9.23. The summed E-state index contributed by atoms with van der Waals surface area (Å²) >= 11 is 1.58. The van der Waals surface area contributed by atoms with Gasteiger partial charge in [-0.05, 0) is 38.2 Å². The normalized spacial score (nSPS) is 14.5. The molecule has 0 aliphatic carbocycles. The number of para-hydroxylation sites is 1. The first-order chi connectivity index (χ1) is 14.6. The molecule has 0 spiro atoms. The number of hydrogen-bond donors (Lipinski definition) is 1. The number of piperazine rings is 1. The lowest BCUT2D eigenvalue weighted by Crippen LogP contribution is -2.44. The van der Waals surface area contributed by atoms with Crippen LogP contribution in [0.2, 0.25) is 0 Å². The van der Waals surface area contributed by atoms with Gasteiger partial charge in [-0.3, -0.25) is 4.79 Å². The summed E-state index contributed by atoms with van der Waals surface area (Å²) in [4.78, 5) is 26.3. The molecular formula is C22H25N5O2S. The van der Waals surface area contributed by atoms with Crippen molar-refractivity contribution in [2.24, 2.45) is 0 Å². The Labute approximate surface area is 180 Å². The van der Waals surface area contributed by atoms with Crippen molar-refractivity contribution >= 4 is 28.7 Å². The minimum absolute atomic E-state index is 0.228. The van der Waals surface area contributed by atoms with Crippen LogP contribution in [0.15, 0.2) is 48.0 Å². The summed E-state index contributed by atoms with van der Waals surface area (Å²) in [6.45, 7) is 6.25. The summed E-state index contributed by atoms with van der Waals surface area (Å²) in [6, 6.07) is 11.1. The number of anilines is 2. The van der Waals surface area contributed by atoms with Crippen LogP contribution in [0.25, 0.3) is 0 Å². The molecule has 1 saturated heterocycles. The molecule has 7 nitrogen and oxygen atoms in total. The van der Waals surface area contributed by atoms with Crippen LogP contribution in [-0.4, -0.2) is 54.0 Å². The van der Waals surface area contributed by atoms with Gasteiger partial charge in [-0.1, -0.05) is 12.1 Å². The second-order valence-electron chi connectivity index (χ2n) is 7.29. The molecule has 0 unspecified atom stereocenters. The molecule has 8 heteroatoms. The Morgan fingerprint density at radius 3 is 2.67 bits per heavy atom. The summed E-state index contributed by atoms with van der Waals surface area (Å²) in [6.07, 6.45) is 1.70. The van der Waals surface area contributed by atoms with Gasteiger partial charge in [0.15, 0.2) is 0 Å². The van der Waals surface area contributed by atoms with Crippen molar-refractivity contribution < 1.29 is 9.53 Å². The second-order valence-corrected chi connectivity index (χ2v) is 8.35. The van der Waals surface area contributed by atoms with Gasteiger partial charge in [0.1, 0.15) is 18.2 Å². The molecule has 156 valence electrons. The zero-order valence-corrected chi connectivity index (χ0v) is 18.0. The lowest BCUT2D eigenvalue weighted by atomic mass is 10.2. The lowest BCUT2D eigenvalue weighted by Gasteiger charge is -2.33. The van der Waals surface area contributed by atoms with E-state index in [-0.39, 0.29) is 5.91 Å². The number of hydrogen-bond acceptors (Lipinski definition) is 7. The average Bonchev–Trinajstić information content (AvgIpc) is 3.19. The number of carbonyl (C=O) groups is 1. The molecule has 4 rings (SSSR count). The van der Waals surface area contributed by atoms with Crippen molar-refractivity contribution in [2.75, 3.05) is 43.4 Å². The van der Waals surface area contributed by atoms with E-state index >= 15 is 0 Å². The van der Waals surface area contributed by atoms with Crippen molar-refractivity contribution in [1.82, 2.24) is 14.9 Å². The van der Waals surface area contributed by atoms with E-state index in [4.69, 9.17) is 4.74 Å². The van der Waals surface area contributed by atoms with E-state index in [9.17, 15) is 4.79 Å². The van der Waals surface area contributed by atoms with Crippen LogP contribution in [0.5, 0.6) is 5.75 Å². The number of rotatable bonds is 6. The largest absolute Gasteiger partial charge is 0.486 e. The van der Waals surface area contributed by atoms with Gasteiger partial charge < -0.3 is 19.9 Å². The molecule has 1 aliphatic rings. The molecule has 0 bridgehead atoms. The third-order valence-corrected chi connectivity index (χ3v) is 5.83. The maximum Gasteiger partial charge on any atom is 0.259 e. The molecule has 1 fully saturated rings. The van der Waals surface area contributed by atoms with Crippen molar-refractivity contribution in [3.05, 3.63) is 64.2 Å². The van der Waals surface area contributed by atoms with Crippen LogP contribution in [0.3, 0.4) is 0 Å². The summed E-state index contributed by atoms with van der Waals surface area (Å²) in [5, 5.41) is 5.87. The monoisotopic (exact) mass is 423 g/mol. The summed E-state index contributed by atoms with van der Waals surface area (Å²) < 4.78 is 5.86. The van der Waals surface area contributed by atoms with Gasteiger partial charge in [0.2, 0.25) is 0 Å². The van der Waals surface area contributed by atoms with E-state index in [0.29, 0.717) is 23.6 Å². The van der Waals surface area contributed by atoms with Gasteiger partial charge in [0.25, 0.3) is 5.91 Å². The predicted octanol–water partition coefficient (Wildman–Crippen LogP) is 3.43. The smallest absolute Gasteiger partial charge is 0.259 e. The highest BCUT2D eigenvalue weighted by molar-refractivity contribution is 7.09. The Morgan fingerprint density at radius 2 is 1.97 bits per heavy atom. The molecule has 1 amide bonds. The van der Waals surface area contributed by atoms with Crippen molar-refractivity contribution in [1.29, 1.82) is 0 Å². The van der Waals surface area contributed by atoms with Crippen molar-refractivity contribution in [2.45, 2.75) is 13.5 Å². The topological polar surface area (TPSA) is 70.6 Å². The number of pyridine rings is 1. The third-order valence-electron chi connectivity index (χ3n) is 5.01. The predicted molar refractivity (Wildman–Crippen MR) is 120 cm³/mol. The van der Waals surface area contributed by atoms with E-state index in [2.05, 4.69) is 32.1 Å². The molecule has 3 heterocycles. The van der Waals surface area contributed by atoms with E-state index < -0.39 is 0 Å². The Hall–Kier alpha value is -2.97. The standard InChI is InChI=1S/C22H25N5O2S/c1-16-24-18(15-30-16)14-29-20-6-4-3-5-19(20)22(28)25-17-7-8-21(23-13-17)27-11-9-26(2)10-12-27/h3-8,13,15H,9-12,14H2,1-2H3,(H,25,28). The molecule has 3 aromatic rings. The molecule has 1 aliphatic heterocycles. The summed E-state index contributed by atoms with van der Waals surface area (Å²) in [5.74, 6) is 1.24. The van der Waals surface area contributed by atoms with Gasteiger partial charge in [-0.2, -0.15) is 0 Å². The van der Waals surface area contributed by atoms with Gasteiger partial charge >= 0.3 is 0 Å². The molecule has 0 radical (unpaired) electrons. The summed E-state index contributed by atoms with van der Waals surface area (Å²) in [5.41, 5.74) is 1.99. The quantitative estimate of drug-likeness (QED) is 0.655. The highest BCUT2D eigenvalue weighted by Gasteiger charge is 2.16. The van der Waals surface area contributed by atoms with Gasteiger partial charge in [0, 0.05) is 31.6 Å². The average molecular weight is 424 g/mol. The van der Waals surface area contributed by atoms with Crippen LogP contribution in [0.1, 0.15) is 21.1 Å². The molecule has 30 heavy (non-hydrogen) atoms. The molecule has 0 saturated carbocycles. The molecular weight excluding hydrogens is 398 g/mol. The summed E-state index contributed by atoms with van der Waals surface area (Å²) in [7, 11) is 2.13. The number of benzene rings is 1. The van der Waals surface area contributed by atoms with E-state index in [1.165, 1.54) is 0 Å².